The van der Waals surface area contributed by atoms with Gasteiger partial charge < -0.3 is 4.74 Å². The van der Waals surface area contributed by atoms with Crippen molar-refractivity contribution in [3.8, 4) is 0 Å². The van der Waals surface area contributed by atoms with Gasteiger partial charge in [0.25, 0.3) is 0 Å². The van der Waals surface area contributed by atoms with E-state index in [0.29, 0.717) is 0 Å². The van der Waals surface area contributed by atoms with Crippen molar-refractivity contribution in [1.29, 1.82) is 0 Å². The number of hydrogen-bond donors (Lipinski definition) is 0. The van der Waals surface area contributed by atoms with E-state index in [1.807, 2.05) is 6.92 Å². The predicted octanol–water partition coefficient (Wildman–Crippen LogP) is 8.59. The Hall–Kier alpha value is -0.820. The number of hydrogen-bond acceptors (Lipinski definition) is 1. The van der Waals surface area contributed by atoms with E-state index in [-0.39, 0.29) is 29.7 Å². The minimum absolute atomic E-state index is 0. The lowest BCUT2D eigenvalue weighted by Gasteiger charge is -1.99. The smallest absolute Gasteiger partial charge is 0.0433 e. The Kier molecular flexibility index (Phi) is 48.5. The van der Waals surface area contributed by atoms with Gasteiger partial charge in [0.05, 0.1) is 0 Å². The van der Waals surface area contributed by atoms with Crippen LogP contribution in [0.25, 0.3) is 0 Å². The molecule has 0 atom stereocenters. The molecular formula is C23H52O. The van der Waals surface area contributed by atoms with E-state index >= 15 is 0 Å². The Labute approximate surface area is 157 Å². The fraction of sp³-hybridized carbons (Fsp3) is 0.739. The molecule has 1 rings (SSSR count). The van der Waals surface area contributed by atoms with Gasteiger partial charge in [-0.3, -0.25) is 0 Å². The van der Waals surface area contributed by atoms with Crippen molar-refractivity contribution in [1.82, 2.24) is 0 Å². The molecule has 0 saturated heterocycles. The van der Waals surface area contributed by atoms with Crippen molar-refractivity contribution < 1.29 is 4.74 Å². The Morgan fingerprint density at radius 3 is 1.50 bits per heavy atom. The van der Waals surface area contributed by atoms with Crippen molar-refractivity contribution in [2.24, 2.45) is 5.92 Å². The summed E-state index contributed by atoms with van der Waals surface area (Å²) in [6.07, 6.45) is 5.13. The van der Waals surface area contributed by atoms with Crippen molar-refractivity contribution >= 4 is 0 Å². The van der Waals surface area contributed by atoms with Gasteiger partial charge in [0.2, 0.25) is 0 Å². The fourth-order valence-electron chi connectivity index (χ4n) is 1.14. The molecule has 0 radical (unpaired) electrons. The third kappa shape index (κ3) is 32.9. The molecular weight excluding hydrogens is 292 g/mol. The number of aryl methyl sites for hydroxylation is 2. The highest BCUT2D eigenvalue weighted by molar-refractivity contribution is 5.21. The molecule has 150 valence electrons. The van der Waals surface area contributed by atoms with Gasteiger partial charge in [0.1, 0.15) is 0 Å². The quantitative estimate of drug-likeness (QED) is 0.519. The van der Waals surface area contributed by atoms with Crippen LogP contribution in [-0.2, 0) is 11.2 Å². The van der Waals surface area contributed by atoms with Gasteiger partial charge in [-0.05, 0) is 38.2 Å². The monoisotopic (exact) mass is 344 g/mol. The summed E-state index contributed by atoms with van der Waals surface area (Å²) in [7, 11) is 1.68. The van der Waals surface area contributed by atoms with Gasteiger partial charge in [0.15, 0.2) is 0 Å². The van der Waals surface area contributed by atoms with Crippen LogP contribution in [0.15, 0.2) is 24.3 Å². The third-order valence-corrected chi connectivity index (χ3v) is 3.04. The maximum absolute atomic E-state index is 4.54. The highest BCUT2D eigenvalue weighted by Gasteiger charge is 1.90. The molecule has 0 spiro atoms. The van der Waals surface area contributed by atoms with Gasteiger partial charge in [-0.15, -0.1) is 0 Å². The van der Waals surface area contributed by atoms with Crippen LogP contribution >= 0.6 is 0 Å². The normalized spacial score (nSPS) is 7.83. The molecule has 0 aliphatic heterocycles. The second kappa shape index (κ2) is 30.1. The van der Waals surface area contributed by atoms with Gasteiger partial charge in [-0.1, -0.05) is 100 Å². The molecule has 0 aromatic heterocycles. The lowest BCUT2D eigenvalue weighted by Crippen LogP contribution is -1.83. The minimum atomic E-state index is 0. The lowest BCUT2D eigenvalue weighted by molar-refractivity contribution is 0.215. The zero-order chi connectivity index (χ0) is 15.8. The molecule has 1 nitrogen and oxygen atoms in total. The molecule has 24 heavy (non-hydrogen) atoms. The maximum Gasteiger partial charge on any atom is 0.0433 e. The molecule has 0 aliphatic carbocycles. The molecule has 0 fully saturated rings. The summed E-state index contributed by atoms with van der Waals surface area (Å²) in [4.78, 5) is 0. The molecule has 0 amide bonds. The van der Waals surface area contributed by atoms with Crippen molar-refractivity contribution in [2.45, 2.75) is 96.9 Å². The predicted molar refractivity (Wildman–Crippen MR) is 119 cm³/mol. The topological polar surface area (TPSA) is 9.23 Å². The Bertz CT molecular complexity index is 273. The molecule has 1 heteroatoms. The zero-order valence-electron chi connectivity index (χ0n) is 14.8. The van der Waals surface area contributed by atoms with E-state index in [0.717, 1.165) is 12.5 Å². The van der Waals surface area contributed by atoms with Crippen molar-refractivity contribution in [3.05, 3.63) is 35.4 Å². The molecule has 1 aromatic carbocycles. The summed E-state index contributed by atoms with van der Waals surface area (Å²) in [5.74, 6) is 0.884. The SMILES string of the molecule is C.C.C.C.CCC(C)C.CCCCc1ccc(C)cc1.CCOC. The second-order valence-electron chi connectivity index (χ2n) is 5.47. The van der Waals surface area contributed by atoms with Crippen LogP contribution in [0.5, 0.6) is 0 Å². The summed E-state index contributed by atoms with van der Waals surface area (Å²) in [5, 5.41) is 0. The van der Waals surface area contributed by atoms with Crippen LogP contribution in [0.1, 0.15) is 94.7 Å². The van der Waals surface area contributed by atoms with E-state index in [2.05, 4.69) is 63.6 Å². The van der Waals surface area contributed by atoms with Crippen LogP contribution in [0, 0.1) is 12.8 Å². The van der Waals surface area contributed by atoms with Crippen molar-refractivity contribution in [2.75, 3.05) is 13.7 Å². The van der Waals surface area contributed by atoms with Gasteiger partial charge in [0, 0.05) is 13.7 Å². The van der Waals surface area contributed by atoms with Crippen LogP contribution < -0.4 is 0 Å². The molecule has 1 aromatic rings. The summed E-state index contributed by atoms with van der Waals surface area (Å²) < 4.78 is 4.54. The Morgan fingerprint density at radius 1 is 0.875 bits per heavy atom. The average molecular weight is 345 g/mol. The first-order valence-electron chi connectivity index (χ1n) is 8.06. The maximum atomic E-state index is 4.54. The molecule has 0 heterocycles. The van der Waals surface area contributed by atoms with E-state index in [1.54, 1.807) is 7.11 Å². The summed E-state index contributed by atoms with van der Waals surface area (Å²) in [6.45, 7) is 13.8. The number of benzene rings is 1. The van der Waals surface area contributed by atoms with Gasteiger partial charge in [-0.2, -0.15) is 0 Å². The third-order valence-electron chi connectivity index (χ3n) is 3.04. The first-order valence-corrected chi connectivity index (χ1v) is 8.06. The van der Waals surface area contributed by atoms with Gasteiger partial charge in [-0.25, -0.2) is 0 Å². The minimum Gasteiger partial charge on any atom is -0.385 e. The fourth-order valence-corrected chi connectivity index (χ4v) is 1.14. The number of unbranched alkanes of at least 4 members (excludes halogenated alkanes) is 1. The first-order chi connectivity index (χ1) is 9.51. The average Bonchev–Trinajstić information content (AvgIpc) is 2.47. The number of rotatable bonds is 5. The number of methoxy groups -OCH3 is 1. The van der Waals surface area contributed by atoms with Crippen LogP contribution in [-0.4, -0.2) is 13.7 Å². The molecule has 0 unspecified atom stereocenters. The van der Waals surface area contributed by atoms with Crippen molar-refractivity contribution in [3.63, 3.8) is 0 Å². The largest absolute Gasteiger partial charge is 0.385 e. The van der Waals surface area contributed by atoms with E-state index in [4.69, 9.17) is 0 Å². The van der Waals surface area contributed by atoms with E-state index in [1.165, 1.54) is 36.8 Å². The van der Waals surface area contributed by atoms with Crippen LogP contribution in [0.2, 0.25) is 0 Å². The molecule has 0 aliphatic rings. The highest BCUT2D eigenvalue weighted by atomic mass is 16.5. The van der Waals surface area contributed by atoms with Crippen LogP contribution in [0.3, 0.4) is 0 Å². The summed E-state index contributed by atoms with van der Waals surface area (Å²) in [5.41, 5.74) is 2.82. The van der Waals surface area contributed by atoms with E-state index < -0.39 is 0 Å². The Balaban J connectivity index is -0.0000000543. The molecule has 0 saturated carbocycles. The molecule has 0 N–H and O–H groups in total. The first kappa shape index (κ1) is 38.6. The molecule has 0 bridgehead atoms. The summed E-state index contributed by atoms with van der Waals surface area (Å²) >= 11 is 0. The standard InChI is InChI=1S/C11H16.C5H12.C3H8O.4CH4/c1-3-4-5-11-8-6-10(2)7-9-11;1-4-5(2)3;1-3-4-2;;;;/h6-9H,3-5H2,1-2H3;5H,4H2,1-3H3;3H2,1-2H3;4*1H4. The van der Waals surface area contributed by atoms with Gasteiger partial charge >= 0.3 is 0 Å². The Morgan fingerprint density at radius 2 is 1.25 bits per heavy atom. The highest BCUT2D eigenvalue weighted by Crippen LogP contribution is 2.06. The van der Waals surface area contributed by atoms with E-state index in [9.17, 15) is 0 Å². The zero-order valence-corrected chi connectivity index (χ0v) is 14.8. The van der Waals surface area contributed by atoms with Crippen LogP contribution in [0.4, 0.5) is 0 Å². The lowest BCUT2D eigenvalue weighted by atomic mass is 10.1. The second-order valence-corrected chi connectivity index (χ2v) is 5.47. The number of ether oxygens (including phenoxy) is 1. The summed E-state index contributed by atoms with van der Waals surface area (Å²) in [6, 6.07) is 8.83.